The lowest BCUT2D eigenvalue weighted by Gasteiger charge is -2.12. The molecule has 0 spiro atoms. The highest BCUT2D eigenvalue weighted by molar-refractivity contribution is 6.11. The van der Waals surface area contributed by atoms with Gasteiger partial charge in [0.15, 0.2) is 0 Å². The van der Waals surface area contributed by atoms with Gasteiger partial charge in [0.2, 0.25) is 0 Å². The van der Waals surface area contributed by atoms with Crippen LogP contribution < -0.4 is 0 Å². The summed E-state index contributed by atoms with van der Waals surface area (Å²) in [6, 6.07) is 32.6. The molecule has 29 heavy (non-hydrogen) atoms. The Kier molecular flexibility index (Phi) is 4.37. The molecule has 5 aromatic rings. The monoisotopic (exact) mass is 373 g/mol. The predicted octanol–water partition coefficient (Wildman–Crippen LogP) is 7.85. The van der Waals surface area contributed by atoms with Gasteiger partial charge in [-0.05, 0) is 50.9 Å². The van der Waals surface area contributed by atoms with Gasteiger partial charge in [-0.3, -0.25) is 4.98 Å². The van der Waals surface area contributed by atoms with Crippen molar-refractivity contribution in [1.29, 1.82) is 0 Å². The number of nitrogens with zero attached hydrogens (tertiary/aromatic N) is 1. The van der Waals surface area contributed by atoms with E-state index in [0.717, 1.165) is 11.3 Å². The van der Waals surface area contributed by atoms with Gasteiger partial charge < -0.3 is 0 Å². The van der Waals surface area contributed by atoms with E-state index < -0.39 is 0 Å². The van der Waals surface area contributed by atoms with Crippen LogP contribution in [-0.2, 0) is 0 Å². The fraction of sp³-hybridized carbons (Fsp3) is 0.107. The summed E-state index contributed by atoms with van der Waals surface area (Å²) in [5.41, 5.74) is 6.00. The molecule has 0 radical (unpaired) electrons. The van der Waals surface area contributed by atoms with Crippen molar-refractivity contribution >= 4 is 21.5 Å². The topological polar surface area (TPSA) is 12.9 Å². The van der Waals surface area contributed by atoms with Crippen molar-refractivity contribution in [2.45, 2.75) is 19.8 Å². The highest BCUT2D eigenvalue weighted by atomic mass is 14.7. The first-order valence-electron chi connectivity index (χ1n) is 10.2. The van der Waals surface area contributed by atoms with Crippen molar-refractivity contribution in [1.82, 2.24) is 4.98 Å². The zero-order valence-corrected chi connectivity index (χ0v) is 16.8. The Morgan fingerprint density at radius 3 is 2.17 bits per heavy atom. The fourth-order valence-corrected chi connectivity index (χ4v) is 4.08. The molecule has 0 fully saturated rings. The summed E-state index contributed by atoms with van der Waals surface area (Å²) in [5, 5.41) is 5.03. The summed E-state index contributed by atoms with van der Waals surface area (Å²) in [7, 11) is 0. The summed E-state index contributed by atoms with van der Waals surface area (Å²) in [6.45, 7) is 4.48. The third-order valence-electron chi connectivity index (χ3n) is 5.70. The van der Waals surface area contributed by atoms with Crippen molar-refractivity contribution in [3.63, 3.8) is 0 Å². The molecule has 0 amide bonds. The second-order valence-electron chi connectivity index (χ2n) is 7.90. The maximum atomic E-state index is 4.76. The Hall–Kier alpha value is -3.45. The number of hydrogen-bond acceptors (Lipinski definition) is 1. The lowest BCUT2D eigenvalue weighted by atomic mass is 9.94. The summed E-state index contributed by atoms with van der Waals surface area (Å²) >= 11 is 0. The van der Waals surface area contributed by atoms with Crippen LogP contribution in [0.2, 0.25) is 0 Å². The SMILES string of the molecule is CC(C)c1ccc2c(ccc3c(-c4cccc(-c5ccccc5)c4)nccc32)c1. The minimum Gasteiger partial charge on any atom is -0.256 e. The van der Waals surface area contributed by atoms with Gasteiger partial charge in [0, 0.05) is 17.1 Å². The van der Waals surface area contributed by atoms with E-state index in [-0.39, 0.29) is 0 Å². The Labute approximate surface area is 171 Å². The van der Waals surface area contributed by atoms with Gasteiger partial charge in [0.05, 0.1) is 5.69 Å². The normalized spacial score (nSPS) is 11.4. The molecule has 1 nitrogen and oxygen atoms in total. The van der Waals surface area contributed by atoms with Crippen molar-refractivity contribution in [2.24, 2.45) is 0 Å². The third-order valence-corrected chi connectivity index (χ3v) is 5.70. The molecule has 0 bridgehead atoms. The van der Waals surface area contributed by atoms with Crippen LogP contribution in [0.15, 0.2) is 97.2 Å². The molecule has 0 saturated carbocycles. The number of aromatic nitrogens is 1. The molecule has 0 atom stereocenters. The van der Waals surface area contributed by atoms with Gasteiger partial charge in [0.1, 0.15) is 0 Å². The van der Waals surface area contributed by atoms with Gasteiger partial charge in [0.25, 0.3) is 0 Å². The largest absolute Gasteiger partial charge is 0.256 e. The smallest absolute Gasteiger partial charge is 0.0780 e. The molecule has 0 unspecified atom stereocenters. The Bertz CT molecular complexity index is 1320. The second-order valence-corrected chi connectivity index (χ2v) is 7.90. The van der Waals surface area contributed by atoms with Crippen LogP contribution in [0, 0.1) is 0 Å². The van der Waals surface area contributed by atoms with Crippen LogP contribution in [0.4, 0.5) is 0 Å². The standard InChI is InChI=1S/C28H23N/c1-19(2)21-11-13-25-23(17-21)12-14-27-26(25)15-16-29-28(27)24-10-6-9-22(18-24)20-7-4-3-5-8-20/h3-19H,1-2H3. The van der Waals surface area contributed by atoms with E-state index in [0.29, 0.717) is 5.92 Å². The molecular weight excluding hydrogens is 350 g/mol. The quantitative estimate of drug-likeness (QED) is 0.293. The van der Waals surface area contributed by atoms with E-state index in [4.69, 9.17) is 4.98 Å². The van der Waals surface area contributed by atoms with E-state index in [1.807, 2.05) is 6.20 Å². The highest BCUT2D eigenvalue weighted by Gasteiger charge is 2.10. The summed E-state index contributed by atoms with van der Waals surface area (Å²) < 4.78 is 0. The van der Waals surface area contributed by atoms with Crippen molar-refractivity contribution < 1.29 is 0 Å². The first kappa shape index (κ1) is 17.6. The Balaban J connectivity index is 1.69. The zero-order valence-electron chi connectivity index (χ0n) is 16.8. The second kappa shape index (κ2) is 7.18. The molecule has 0 aliphatic rings. The molecule has 4 aromatic carbocycles. The van der Waals surface area contributed by atoms with Crippen LogP contribution >= 0.6 is 0 Å². The van der Waals surface area contributed by atoms with E-state index >= 15 is 0 Å². The Morgan fingerprint density at radius 2 is 1.34 bits per heavy atom. The zero-order chi connectivity index (χ0) is 19.8. The van der Waals surface area contributed by atoms with E-state index in [1.165, 1.54) is 38.2 Å². The van der Waals surface area contributed by atoms with Crippen molar-refractivity contribution in [2.75, 3.05) is 0 Å². The molecule has 5 rings (SSSR count). The summed E-state index contributed by atoms with van der Waals surface area (Å²) in [5.74, 6) is 0.531. The molecular formula is C28H23N. The molecule has 1 heterocycles. The molecule has 1 aromatic heterocycles. The van der Waals surface area contributed by atoms with Crippen molar-refractivity contribution in [3.8, 4) is 22.4 Å². The average Bonchev–Trinajstić information content (AvgIpc) is 2.78. The molecule has 0 N–H and O–H groups in total. The molecule has 0 aliphatic carbocycles. The lowest BCUT2D eigenvalue weighted by molar-refractivity contribution is 0.869. The number of pyridine rings is 1. The van der Waals surface area contributed by atoms with Crippen molar-refractivity contribution in [3.05, 3.63) is 103 Å². The predicted molar refractivity (Wildman–Crippen MR) is 124 cm³/mol. The summed E-state index contributed by atoms with van der Waals surface area (Å²) in [4.78, 5) is 4.76. The number of rotatable bonds is 3. The molecule has 1 heteroatoms. The van der Waals surface area contributed by atoms with Gasteiger partial charge in [-0.2, -0.15) is 0 Å². The van der Waals surface area contributed by atoms with Crippen LogP contribution in [0.3, 0.4) is 0 Å². The molecule has 0 saturated heterocycles. The minimum absolute atomic E-state index is 0.531. The summed E-state index contributed by atoms with van der Waals surface area (Å²) in [6.07, 6.45) is 1.93. The highest BCUT2D eigenvalue weighted by Crippen LogP contribution is 2.34. The fourth-order valence-electron chi connectivity index (χ4n) is 4.08. The van der Waals surface area contributed by atoms with E-state index in [9.17, 15) is 0 Å². The van der Waals surface area contributed by atoms with Crippen LogP contribution in [0.25, 0.3) is 43.9 Å². The van der Waals surface area contributed by atoms with Crippen LogP contribution in [-0.4, -0.2) is 4.98 Å². The Morgan fingerprint density at radius 1 is 0.586 bits per heavy atom. The average molecular weight is 373 g/mol. The first-order chi connectivity index (χ1) is 14.2. The maximum absolute atomic E-state index is 4.76. The van der Waals surface area contributed by atoms with E-state index in [1.54, 1.807) is 0 Å². The first-order valence-corrected chi connectivity index (χ1v) is 10.2. The number of fused-ring (bicyclic) bond motifs is 3. The number of benzene rings is 4. The third kappa shape index (κ3) is 3.19. The maximum Gasteiger partial charge on any atom is 0.0780 e. The van der Waals surface area contributed by atoms with Gasteiger partial charge in [-0.15, -0.1) is 0 Å². The minimum atomic E-state index is 0.531. The van der Waals surface area contributed by atoms with Crippen LogP contribution in [0.5, 0.6) is 0 Å². The van der Waals surface area contributed by atoms with E-state index in [2.05, 4.69) is 105 Å². The molecule has 140 valence electrons. The van der Waals surface area contributed by atoms with Crippen LogP contribution in [0.1, 0.15) is 25.3 Å². The number of hydrogen-bond donors (Lipinski definition) is 0. The lowest BCUT2D eigenvalue weighted by Crippen LogP contribution is -1.90. The van der Waals surface area contributed by atoms with Gasteiger partial charge >= 0.3 is 0 Å². The van der Waals surface area contributed by atoms with Gasteiger partial charge in [-0.25, -0.2) is 0 Å². The van der Waals surface area contributed by atoms with Gasteiger partial charge in [-0.1, -0.05) is 92.7 Å². The molecule has 0 aliphatic heterocycles.